The number of hydrogen-bond donors (Lipinski definition) is 0. The molecule has 0 aromatic heterocycles. The van der Waals surface area contributed by atoms with E-state index >= 15 is 0 Å². The van der Waals surface area contributed by atoms with Gasteiger partial charge in [-0.25, -0.2) is 0 Å². The summed E-state index contributed by atoms with van der Waals surface area (Å²) in [4.78, 5) is 14.7. The van der Waals surface area contributed by atoms with Crippen molar-refractivity contribution >= 4 is 5.91 Å². The van der Waals surface area contributed by atoms with E-state index in [4.69, 9.17) is 0 Å². The molecule has 1 amide bonds. The molecule has 5 unspecified atom stereocenters. The Balaban J connectivity index is 0.000000753. The van der Waals surface area contributed by atoms with Gasteiger partial charge in [0.05, 0.1) is 0 Å². The van der Waals surface area contributed by atoms with Crippen LogP contribution in [0.15, 0.2) is 24.3 Å². The molecular formula is C21H33NO. The van der Waals surface area contributed by atoms with Crippen LogP contribution in [-0.4, -0.2) is 22.9 Å². The van der Waals surface area contributed by atoms with E-state index in [2.05, 4.69) is 43.1 Å². The topological polar surface area (TPSA) is 20.3 Å². The van der Waals surface area contributed by atoms with Gasteiger partial charge in [-0.3, -0.25) is 4.79 Å². The van der Waals surface area contributed by atoms with Gasteiger partial charge in [-0.05, 0) is 62.2 Å². The highest BCUT2D eigenvalue weighted by atomic mass is 16.2. The van der Waals surface area contributed by atoms with Crippen LogP contribution in [0.2, 0.25) is 0 Å². The highest BCUT2D eigenvalue weighted by molar-refractivity contribution is 5.79. The number of nitrogens with zero attached hydrogens (tertiary/aromatic N) is 1. The van der Waals surface area contributed by atoms with Gasteiger partial charge in [-0.1, -0.05) is 45.1 Å². The van der Waals surface area contributed by atoms with Crippen molar-refractivity contribution in [3.63, 3.8) is 0 Å². The zero-order valence-electron chi connectivity index (χ0n) is 15.3. The molecule has 4 rings (SSSR count). The summed E-state index contributed by atoms with van der Waals surface area (Å²) < 4.78 is 0. The fourth-order valence-electron chi connectivity index (χ4n) is 5.97. The molecule has 0 spiro atoms. The van der Waals surface area contributed by atoms with Crippen LogP contribution in [0.5, 0.6) is 0 Å². The SMILES string of the molecule is CC.CC12C=CCC1C1CCN3C(=O)CC=CCC3(C)C1CC2. The molecular weight excluding hydrogens is 282 g/mol. The summed E-state index contributed by atoms with van der Waals surface area (Å²) in [7, 11) is 0. The van der Waals surface area contributed by atoms with Gasteiger partial charge in [0.25, 0.3) is 0 Å². The van der Waals surface area contributed by atoms with E-state index in [0.717, 1.165) is 24.8 Å². The molecule has 2 aliphatic carbocycles. The van der Waals surface area contributed by atoms with Crippen molar-refractivity contribution < 1.29 is 4.79 Å². The van der Waals surface area contributed by atoms with Gasteiger partial charge in [0.15, 0.2) is 0 Å². The van der Waals surface area contributed by atoms with Crippen LogP contribution in [0.1, 0.15) is 66.2 Å². The Labute approximate surface area is 142 Å². The van der Waals surface area contributed by atoms with Crippen molar-refractivity contribution in [2.24, 2.45) is 23.2 Å². The maximum absolute atomic E-state index is 12.5. The summed E-state index contributed by atoms with van der Waals surface area (Å²) in [5, 5.41) is 0. The van der Waals surface area contributed by atoms with E-state index in [1.165, 1.54) is 25.7 Å². The standard InChI is InChI=1S/C19H27NO.C2H6/c1-18-10-5-6-15(18)14-9-13-20-17(21)7-3-4-11-19(20,2)16(14)8-12-18;1-2/h3-5,10,14-16H,6-9,11-13H2,1-2H3;1-2H3. The molecule has 0 aromatic carbocycles. The lowest BCUT2D eigenvalue weighted by atomic mass is 9.53. The molecule has 0 N–H and O–H groups in total. The molecule has 1 saturated heterocycles. The Kier molecular flexibility index (Phi) is 4.46. The second-order valence-electron chi connectivity index (χ2n) is 8.13. The van der Waals surface area contributed by atoms with E-state index in [0.29, 0.717) is 23.7 Å². The lowest BCUT2D eigenvalue weighted by Gasteiger charge is -2.59. The number of amides is 1. The van der Waals surface area contributed by atoms with Crippen molar-refractivity contribution in [2.45, 2.75) is 71.8 Å². The molecule has 1 saturated carbocycles. The molecule has 23 heavy (non-hydrogen) atoms. The van der Waals surface area contributed by atoms with Gasteiger partial charge < -0.3 is 4.90 Å². The number of carbonyl (C=O) groups excluding carboxylic acids is 1. The normalized spacial score (nSPS) is 44.6. The Hall–Kier alpha value is -1.05. The van der Waals surface area contributed by atoms with Crippen molar-refractivity contribution in [1.29, 1.82) is 0 Å². The van der Waals surface area contributed by atoms with E-state index in [-0.39, 0.29) is 5.54 Å². The van der Waals surface area contributed by atoms with Crippen molar-refractivity contribution in [3.8, 4) is 0 Å². The Bertz CT molecular complexity index is 522. The van der Waals surface area contributed by atoms with E-state index in [1.807, 2.05) is 13.8 Å². The van der Waals surface area contributed by atoms with Gasteiger partial charge >= 0.3 is 0 Å². The molecule has 5 atom stereocenters. The molecule has 0 bridgehead atoms. The van der Waals surface area contributed by atoms with Gasteiger partial charge in [-0.2, -0.15) is 0 Å². The highest BCUT2D eigenvalue weighted by Crippen LogP contribution is 2.59. The molecule has 2 heterocycles. The molecule has 128 valence electrons. The summed E-state index contributed by atoms with van der Waals surface area (Å²) in [6, 6.07) is 0. The minimum absolute atomic E-state index is 0.0664. The molecule has 2 nitrogen and oxygen atoms in total. The minimum atomic E-state index is 0.0664. The van der Waals surface area contributed by atoms with Crippen molar-refractivity contribution in [3.05, 3.63) is 24.3 Å². The number of fused-ring (bicyclic) bond motifs is 5. The Morgan fingerprint density at radius 1 is 1.09 bits per heavy atom. The van der Waals surface area contributed by atoms with Crippen LogP contribution in [-0.2, 0) is 4.79 Å². The van der Waals surface area contributed by atoms with Crippen molar-refractivity contribution in [2.75, 3.05) is 6.54 Å². The molecule has 2 aliphatic heterocycles. The fourth-order valence-corrected chi connectivity index (χ4v) is 5.97. The summed E-state index contributed by atoms with van der Waals surface area (Å²) in [6.45, 7) is 9.80. The van der Waals surface area contributed by atoms with Crippen molar-refractivity contribution in [1.82, 2.24) is 4.90 Å². The number of hydrogen-bond acceptors (Lipinski definition) is 1. The first-order chi connectivity index (χ1) is 11.0. The summed E-state index contributed by atoms with van der Waals surface area (Å²) >= 11 is 0. The first-order valence-corrected chi connectivity index (χ1v) is 9.68. The van der Waals surface area contributed by atoms with Crippen LogP contribution < -0.4 is 0 Å². The van der Waals surface area contributed by atoms with Gasteiger partial charge in [0.2, 0.25) is 5.91 Å². The van der Waals surface area contributed by atoms with Crippen LogP contribution in [0.4, 0.5) is 0 Å². The lowest BCUT2D eigenvalue weighted by Crippen LogP contribution is -2.62. The largest absolute Gasteiger partial charge is 0.336 e. The minimum Gasteiger partial charge on any atom is -0.336 e. The van der Waals surface area contributed by atoms with E-state index in [9.17, 15) is 4.79 Å². The molecule has 4 aliphatic rings. The third-order valence-electron chi connectivity index (χ3n) is 7.16. The average molecular weight is 316 g/mol. The Morgan fingerprint density at radius 2 is 1.87 bits per heavy atom. The predicted octanol–water partition coefficient (Wildman–Crippen LogP) is 4.96. The fraction of sp³-hybridized carbons (Fsp3) is 0.762. The van der Waals surface area contributed by atoms with Gasteiger partial charge in [-0.15, -0.1) is 0 Å². The first kappa shape index (κ1) is 16.8. The summed E-state index contributed by atoms with van der Waals surface area (Å²) in [5.41, 5.74) is 0.501. The maximum Gasteiger partial charge on any atom is 0.226 e. The van der Waals surface area contributed by atoms with Gasteiger partial charge in [0, 0.05) is 18.5 Å². The Morgan fingerprint density at radius 3 is 2.65 bits per heavy atom. The van der Waals surface area contributed by atoms with Crippen LogP contribution in [0.25, 0.3) is 0 Å². The number of carbonyl (C=O) groups is 1. The second kappa shape index (κ2) is 6.11. The average Bonchev–Trinajstić information content (AvgIpc) is 2.88. The third-order valence-corrected chi connectivity index (χ3v) is 7.16. The number of allylic oxidation sites excluding steroid dienone is 2. The third kappa shape index (κ3) is 2.49. The molecule has 0 radical (unpaired) electrons. The highest BCUT2D eigenvalue weighted by Gasteiger charge is 2.56. The maximum atomic E-state index is 12.5. The lowest BCUT2D eigenvalue weighted by molar-refractivity contribution is -0.149. The van der Waals surface area contributed by atoms with Crippen LogP contribution >= 0.6 is 0 Å². The zero-order valence-corrected chi connectivity index (χ0v) is 15.3. The first-order valence-electron chi connectivity index (χ1n) is 9.68. The summed E-state index contributed by atoms with van der Waals surface area (Å²) in [5.74, 6) is 2.66. The monoisotopic (exact) mass is 315 g/mol. The quantitative estimate of drug-likeness (QED) is 0.578. The predicted molar refractivity (Wildman–Crippen MR) is 96.0 cm³/mol. The summed E-state index contributed by atoms with van der Waals surface area (Å²) in [6.07, 6.45) is 16.0. The van der Waals surface area contributed by atoms with E-state index in [1.54, 1.807) is 0 Å². The second-order valence-corrected chi connectivity index (χ2v) is 8.13. The van der Waals surface area contributed by atoms with Gasteiger partial charge in [0.1, 0.15) is 0 Å². The molecule has 0 aromatic rings. The molecule has 2 heteroatoms. The van der Waals surface area contributed by atoms with E-state index < -0.39 is 0 Å². The van der Waals surface area contributed by atoms with Crippen LogP contribution in [0.3, 0.4) is 0 Å². The smallest absolute Gasteiger partial charge is 0.226 e. The zero-order chi connectivity index (χ0) is 16.7. The van der Waals surface area contributed by atoms with Crippen LogP contribution in [0, 0.1) is 23.2 Å². The molecule has 2 fully saturated rings. The number of rotatable bonds is 0. The number of piperidine rings is 1.